The summed E-state index contributed by atoms with van der Waals surface area (Å²) >= 11 is 0. The molecule has 2 amide bonds. The number of carbonyl (C=O) groups is 2. The number of nitrogens with one attached hydrogen (secondary N) is 2. The molecule has 132 valence electrons. The van der Waals surface area contributed by atoms with Gasteiger partial charge in [-0.2, -0.15) is 0 Å². The molecule has 5 nitrogen and oxygen atoms in total. The Kier molecular flexibility index (Phi) is 6.51. The van der Waals surface area contributed by atoms with Gasteiger partial charge in [-0.05, 0) is 31.5 Å². The van der Waals surface area contributed by atoms with E-state index in [-0.39, 0.29) is 24.9 Å². The maximum absolute atomic E-state index is 13.5. The quantitative estimate of drug-likeness (QED) is 0.811. The number of carbonyl (C=O) groups excluding carboxylic acids is 2. The highest BCUT2D eigenvalue weighted by Crippen LogP contribution is 2.23. The third kappa shape index (κ3) is 5.04. The van der Waals surface area contributed by atoms with Crippen LogP contribution in [0.1, 0.15) is 28.4 Å². The van der Waals surface area contributed by atoms with E-state index in [1.165, 1.54) is 6.07 Å². The fourth-order valence-electron chi connectivity index (χ4n) is 2.30. The normalized spacial score (nSPS) is 10.2. The van der Waals surface area contributed by atoms with Crippen LogP contribution in [0.25, 0.3) is 0 Å². The van der Waals surface area contributed by atoms with Crippen LogP contribution in [0.3, 0.4) is 0 Å². The van der Waals surface area contributed by atoms with Gasteiger partial charge in [-0.1, -0.05) is 30.3 Å². The van der Waals surface area contributed by atoms with Crippen molar-refractivity contribution in [3.8, 4) is 5.75 Å². The van der Waals surface area contributed by atoms with E-state index >= 15 is 0 Å². The van der Waals surface area contributed by atoms with Crippen molar-refractivity contribution in [3.05, 3.63) is 65.0 Å². The predicted octanol–water partition coefficient (Wildman–Crippen LogP) is 2.58. The minimum atomic E-state index is -0.395. The second kappa shape index (κ2) is 8.82. The van der Waals surface area contributed by atoms with E-state index in [0.717, 1.165) is 5.56 Å². The Morgan fingerprint density at radius 2 is 1.84 bits per heavy atom. The lowest BCUT2D eigenvalue weighted by molar-refractivity contribution is -0.123. The van der Waals surface area contributed by atoms with Gasteiger partial charge in [0.05, 0.1) is 5.56 Å². The second-order valence-electron chi connectivity index (χ2n) is 5.47. The minimum absolute atomic E-state index is 0.0752. The average Bonchev–Trinajstić information content (AvgIpc) is 2.60. The van der Waals surface area contributed by atoms with E-state index < -0.39 is 5.91 Å². The molecule has 2 N–H and O–H groups in total. The second-order valence-corrected chi connectivity index (χ2v) is 5.47. The molecule has 0 aliphatic rings. The van der Waals surface area contributed by atoms with Crippen molar-refractivity contribution < 1.29 is 18.7 Å². The molecule has 2 rings (SSSR count). The molecule has 0 aliphatic carbocycles. The highest BCUT2D eigenvalue weighted by Gasteiger charge is 2.15. The zero-order chi connectivity index (χ0) is 18.2. The van der Waals surface area contributed by atoms with Crippen LogP contribution >= 0.6 is 0 Å². The molecule has 0 unspecified atom stereocenters. The zero-order valence-electron chi connectivity index (χ0n) is 14.3. The van der Waals surface area contributed by atoms with Gasteiger partial charge in [0.2, 0.25) is 0 Å². The summed E-state index contributed by atoms with van der Waals surface area (Å²) in [6, 6.07) is 11.4. The van der Waals surface area contributed by atoms with Crippen molar-refractivity contribution >= 4 is 11.8 Å². The van der Waals surface area contributed by atoms with Crippen molar-refractivity contribution in [3.63, 3.8) is 0 Å². The molecule has 0 aliphatic heterocycles. The largest absolute Gasteiger partial charge is 0.483 e. The monoisotopic (exact) mass is 344 g/mol. The summed E-state index contributed by atoms with van der Waals surface area (Å²) in [6.07, 6.45) is 0. The lowest BCUT2D eigenvalue weighted by atomic mass is 10.1. The molecule has 0 heterocycles. The molecule has 0 atom stereocenters. The summed E-state index contributed by atoms with van der Waals surface area (Å²) in [6.45, 7) is 3.94. The van der Waals surface area contributed by atoms with Gasteiger partial charge in [0.25, 0.3) is 11.8 Å². The molecule has 0 saturated heterocycles. The Balaban J connectivity index is 1.97. The highest BCUT2D eigenvalue weighted by molar-refractivity contribution is 5.97. The summed E-state index contributed by atoms with van der Waals surface area (Å²) in [5.41, 5.74) is 1.53. The van der Waals surface area contributed by atoms with Crippen LogP contribution in [0.4, 0.5) is 4.39 Å². The SMILES string of the molecule is CCNC(=O)c1cccc(C)c1OCC(=O)NCc1ccccc1F. The predicted molar refractivity (Wildman–Crippen MR) is 92.9 cm³/mol. The Labute approximate surface area is 146 Å². The first-order chi connectivity index (χ1) is 12.0. The van der Waals surface area contributed by atoms with Crippen molar-refractivity contribution in [1.82, 2.24) is 10.6 Å². The van der Waals surface area contributed by atoms with Crippen LogP contribution in [-0.2, 0) is 11.3 Å². The first kappa shape index (κ1) is 18.4. The van der Waals surface area contributed by atoms with Gasteiger partial charge in [-0.25, -0.2) is 4.39 Å². The molecule has 0 bridgehead atoms. The highest BCUT2D eigenvalue weighted by atomic mass is 19.1. The molecule has 0 fully saturated rings. The Bertz CT molecular complexity index is 762. The van der Waals surface area contributed by atoms with Gasteiger partial charge in [-0.15, -0.1) is 0 Å². The fourth-order valence-corrected chi connectivity index (χ4v) is 2.30. The number of ether oxygens (including phenoxy) is 1. The van der Waals surface area contributed by atoms with E-state index in [0.29, 0.717) is 23.4 Å². The molecule has 0 aromatic heterocycles. The number of hydrogen-bond donors (Lipinski definition) is 2. The van der Waals surface area contributed by atoms with Crippen LogP contribution < -0.4 is 15.4 Å². The first-order valence-corrected chi connectivity index (χ1v) is 8.03. The van der Waals surface area contributed by atoms with Crippen molar-refractivity contribution in [2.45, 2.75) is 20.4 Å². The lowest BCUT2D eigenvalue weighted by Crippen LogP contribution is -2.29. The summed E-state index contributed by atoms with van der Waals surface area (Å²) in [7, 11) is 0. The van der Waals surface area contributed by atoms with Gasteiger partial charge in [0.15, 0.2) is 6.61 Å². The number of aryl methyl sites for hydroxylation is 1. The van der Waals surface area contributed by atoms with Crippen molar-refractivity contribution in [2.24, 2.45) is 0 Å². The van der Waals surface area contributed by atoms with Gasteiger partial charge in [0.1, 0.15) is 11.6 Å². The molecule has 0 saturated carbocycles. The molecule has 6 heteroatoms. The van der Waals surface area contributed by atoms with Crippen LogP contribution in [0.5, 0.6) is 5.75 Å². The van der Waals surface area contributed by atoms with Crippen LogP contribution in [-0.4, -0.2) is 25.0 Å². The van der Waals surface area contributed by atoms with Gasteiger partial charge in [0, 0.05) is 18.7 Å². The summed E-state index contributed by atoms with van der Waals surface area (Å²) in [4.78, 5) is 24.0. The van der Waals surface area contributed by atoms with E-state index in [2.05, 4.69) is 10.6 Å². The lowest BCUT2D eigenvalue weighted by Gasteiger charge is -2.14. The molecule has 0 radical (unpaired) electrons. The van der Waals surface area contributed by atoms with Crippen LogP contribution in [0.15, 0.2) is 42.5 Å². The number of rotatable bonds is 7. The number of benzene rings is 2. The maximum atomic E-state index is 13.5. The molecular weight excluding hydrogens is 323 g/mol. The van der Waals surface area contributed by atoms with E-state index in [1.807, 2.05) is 6.92 Å². The van der Waals surface area contributed by atoms with E-state index in [4.69, 9.17) is 4.74 Å². The summed E-state index contributed by atoms with van der Waals surface area (Å²) < 4.78 is 19.1. The Morgan fingerprint density at radius 3 is 2.56 bits per heavy atom. The number of hydrogen-bond acceptors (Lipinski definition) is 3. The van der Waals surface area contributed by atoms with Gasteiger partial charge < -0.3 is 15.4 Å². The van der Waals surface area contributed by atoms with Crippen LogP contribution in [0.2, 0.25) is 0 Å². The van der Waals surface area contributed by atoms with E-state index in [1.54, 1.807) is 43.3 Å². The Hall–Kier alpha value is -2.89. The standard InChI is InChI=1S/C19H21FN2O3/c1-3-21-19(24)15-9-6-7-13(2)18(15)25-12-17(23)22-11-14-8-4-5-10-16(14)20/h4-10H,3,11-12H2,1-2H3,(H,21,24)(H,22,23). The summed E-state index contributed by atoms with van der Waals surface area (Å²) in [5, 5.41) is 5.31. The third-order valence-corrected chi connectivity index (χ3v) is 3.58. The third-order valence-electron chi connectivity index (χ3n) is 3.58. The van der Waals surface area contributed by atoms with Gasteiger partial charge >= 0.3 is 0 Å². The summed E-state index contributed by atoms with van der Waals surface area (Å²) in [5.74, 6) is -0.656. The minimum Gasteiger partial charge on any atom is -0.483 e. The number of halogens is 1. The Morgan fingerprint density at radius 1 is 1.08 bits per heavy atom. The molecule has 25 heavy (non-hydrogen) atoms. The number of para-hydroxylation sites is 1. The molecule has 2 aromatic rings. The molecule has 0 spiro atoms. The van der Waals surface area contributed by atoms with Crippen molar-refractivity contribution in [1.29, 1.82) is 0 Å². The average molecular weight is 344 g/mol. The number of amides is 2. The van der Waals surface area contributed by atoms with Gasteiger partial charge in [-0.3, -0.25) is 9.59 Å². The van der Waals surface area contributed by atoms with E-state index in [9.17, 15) is 14.0 Å². The first-order valence-electron chi connectivity index (χ1n) is 8.03. The zero-order valence-corrected chi connectivity index (χ0v) is 14.3. The topological polar surface area (TPSA) is 67.4 Å². The fraction of sp³-hybridized carbons (Fsp3) is 0.263. The maximum Gasteiger partial charge on any atom is 0.258 e. The smallest absolute Gasteiger partial charge is 0.258 e. The molecular formula is C19H21FN2O3. The van der Waals surface area contributed by atoms with Crippen LogP contribution in [0, 0.1) is 12.7 Å². The van der Waals surface area contributed by atoms with Crippen molar-refractivity contribution in [2.75, 3.05) is 13.2 Å². The molecule has 2 aromatic carbocycles.